The maximum Gasteiger partial charge on any atom is 0.340 e. The van der Waals surface area contributed by atoms with Crippen LogP contribution in [0.2, 0.25) is 0 Å². The molecule has 0 aromatic carbocycles. The molecule has 1 aliphatic heterocycles. The predicted molar refractivity (Wildman–Crippen MR) is 119 cm³/mol. The summed E-state index contributed by atoms with van der Waals surface area (Å²) in [5, 5.41) is 0. The van der Waals surface area contributed by atoms with Crippen LogP contribution in [0.5, 0.6) is 0 Å². The topological polar surface area (TPSA) is 51.7 Å². The summed E-state index contributed by atoms with van der Waals surface area (Å²) in [6.07, 6.45) is -1.03. The first kappa shape index (κ1) is 22.5. The second-order valence-electron chi connectivity index (χ2n) is 10.4. The van der Waals surface area contributed by atoms with Gasteiger partial charge in [0.1, 0.15) is 0 Å². The molecule has 5 nitrogen and oxygen atoms in total. The van der Waals surface area contributed by atoms with Crippen molar-refractivity contribution < 1.29 is 14.3 Å². The predicted octanol–water partition coefficient (Wildman–Crippen LogP) is 5.36. The van der Waals surface area contributed by atoms with Crippen molar-refractivity contribution in [1.82, 2.24) is 4.98 Å². The molecule has 3 atom stereocenters. The molecule has 1 aromatic heterocycles. The molecule has 1 saturated carbocycles. The summed E-state index contributed by atoms with van der Waals surface area (Å²) in [5.74, 6) is 1.03. The lowest BCUT2D eigenvalue weighted by Crippen LogP contribution is -2.34. The van der Waals surface area contributed by atoms with E-state index >= 15 is 0 Å². The van der Waals surface area contributed by atoms with Gasteiger partial charge in [-0.05, 0) is 81.6 Å². The van der Waals surface area contributed by atoms with E-state index in [-0.39, 0.29) is 12.1 Å². The van der Waals surface area contributed by atoms with Crippen molar-refractivity contribution in [2.75, 3.05) is 18.0 Å². The SMILES string of the molecule is Cc1nc(C)c(C(OC(C)(C)C)C(=O)OC(C)C)c(N2CC3C(C2)C3(C)C)c1Br. The monoisotopic (exact) mass is 466 g/mol. The van der Waals surface area contributed by atoms with E-state index in [1.807, 2.05) is 48.5 Å². The Hall–Kier alpha value is -1.14. The fourth-order valence-electron chi connectivity index (χ4n) is 4.63. The number of nitrogens with zero attached hydrogens (tertiary/aromatic N) is 2. The molecule has 0 bridgehead atoms. The Bertz CT molecular complexity index is 799. The molecule has 2 heterocycles. The molecule has 162 valence electrons. The van der Waals surface area contributed by atoms with Crippen molar-refractivity contribution in [2.45, 2.75) is 80.1 Å². The van der Waals surface area contributed by atoms with Crippen LogP contribution in [0.3, 0.4) is 0 Å². The van der Waals surface area contributed by atoms with E-state index in [2.05, 4.69) is 34.7 Å². The third-order valence-electron chi connectivity index (χ3n) is 6.24. The second kappa shape index (κ2) is 7.52. The van der Waals surface area contributed by atoms with E-state index in [4.69, 9.17) is 14.5 Å². The zero-order valence-corrected chi connectivity index (χ0v) is 20.8. The maximum absolute atomic E-state index is 13.1. The van der Waals surface area contributed by atoms with Crippen molar-refractivity contribution in [3.63, 3.8) is 0 Å². The highest BCUT2D eigenvalue weighted by Gasteiger charge is 2.62. The van der Waals surface area contributed by atoms with Crippen LogP contribution in [0.25, 0.3) is 0 Å². The van der Waals surface area contributed by atoms with Gasteiger partial charge in [-0.2, -0.15) is 0 Å². The smallest absolute Gasteiger partial charge is 0.340 e. The minimum Gasteiger partial charge on any atom is -0.461 e. The number of fused-ring (bicyclic) bond motifs is 1. The van der Waals surface area contributed by atoms with Gasteiger partial charge in [0.25, 0.3) is 0 Å². The van der Waals surface area contributed by atoms with E-state index in [1.165, 1.54) is 0 Å². The van der Waals surface area contributed by atoms with Gasteiger partial charge in [0.2, 0.25) is 0 Å². The van der Waals surface area contributed by atoms with Crippen LogP contribution in [0.15, 0.2) is 4.47 Å². The fraction of sp³-hybridized carbons (Fsp3) is 0.739. The van der Waals surface area contributed by atoms with Gasteiger partial charge >= 0.3 is 5.97 Å². The Balaban J connectivity index is 2.08. The summed E-state index contributed by atoms with van der Waals surface area (Å²) in [7, 11) is 0. The number of rotatable bonds is 5. The van der Waals surface area contributed by atoms with Crippen molar-refractivity contribution in [3.8, 4) is 0 Å². The molecule has 0 spiro atoms. The van der Waals surface area contributed by atoms with Gasteiger partial charge in [0, 0.05) is 24.3 Å². The first-order valence-corrected chi connectivity index (χ1v) is 11.3. The quantitative estimate of drug-likeness (QED) is 0.546. The zero-order chi connectivity index (χ0) is 21.9. The lowest BCUT2D eigenvalue weighted by atomic mass is 10.0. The van der Waals surface area contributed by atoms with Crippen molar-refractivity contribution >= 4 is 27.6 Å². The summed E-state index contributed by atoms with van der Waals surface area (Å²) in [4.78, 5) is 20.2. The number of anilines is 1. The van der Waals surface area contributed by atoms with Crippen LogP contribution < -0.4 is 4.90 Å². The Morgan fingerprint density at radius 3 is 2.21 bits per heavy atom. The van der Waals surface area contributed by atoms with Crippen LogP contribution >= 0.6 is 15.9 Å². The zero-order valence-electron chi connectivity index (χ0n) is 19.2. The molecule has 3 unspecified atom stereocenters. The number of carbonyl (C=O) groups excluding carboxylic acids is 1. The number of hydrogen-bond donors (Lipinski definition) is 0. The van der Waals surface area contributed by atoms with Crippen LogP contribution in [0, 0.1) is 31.1 Å². The van der Waals surface area contributed by atoms with E-state index in [1.54, 1.807) is 0 Å². The van der Waals surface area contributed by atoms with Crippen LogP contribution in [0.4, 0.5) is 5.69 Å². The number of halogens is 1. The molecular weight excluding hydrogens is 432 g/mol. The lowest BCUT2D eigenvalue weighted by Gasteiger charge is -2.33. The Morgan fingerprint density at radius 2 is 1.72 bits per heavy atom. The lowest BCUT2D eigenvalue weighted by molar-refractivity contribution is -0.171. The standard InChI is InChI=1S/C23H35BrN2O3/c1-12(2)28-21(27)20(29-22(5,6)7)17-13(3)25-14(4)18(24)19(17)26-10-15-16(11-26)23(15,8)9/h12,15-16,20H,10-11H2,1-9H3. The molecule has 0 N–H and O–H groups in total. The summed E-state index contributed by atoms with van der Waals surface area (Å²) in [6.45, 7) is 20.2. The number of carbonyl (C=O) groups is 1. The second-order valence-corrected chi connectivity index (χ2v) is 11.2. The number of pyridine rings is 1. The van der Waals surface area contributed by atoms with E-state index in [0.717, 1.165) is 40.2 Å². The third kappa shape index (κ3) is 4.34. The highest BCUT2D eigenvalue weighted by atomic mass is 79.9. The average molecular weight is 467 g/mol. The number of aromatic nitrogens is 1. The highest BCUT2D eigenvalue weighted by molar-refractivity contribution is 9.10. The van der Waals surface area contributed by atoms with E-state index in [0.29, 0.717) is 17.3 Å². The minimum atomic E-state index is -0.818. The average Bonchev–Trinajstić information content (AvgIpc) is 2.93. The molecule has 6 heteroatoms. The normalized spacial score (nSPS) is 23.9. The van der Waals surface area contributed by atoms with Gasteiger partial charge in [-0.3, -0.25) is 4.98 Å². The third-order valence-corrected chi connectivity index (χ3v) is 7.19. The highest BCUT2D eigenvalue weighted by Crippen LogP contribution is 2.63. The van der Waals surface area contributed by atoms with Crippen molar-refractivity contribution in [1.29, 1.82) is 0 Å². The molecule has 3 rings (SSSR count). The first-order valence-electron chi connectivity index (χ1n) is 10.5. The molecule has 1 saturated heterocycles. The molecule has 2 aliphatic rings. The van der Waals surface area contributed by atoms with Crippen LogP contribution in [0.1, 0.15) is 71.5 Å². The minimum absolute atomic E-state index is 0.209. The number of esters is 1. The molecule has 0 radical (unpaired) electrons. The summed E-state index contributed by atoms with van der Waals surface area (Å²) in [5.41, 5.74) is 3.51. The van der Waals surface area contributed by atoms with Crippen molar-refractivity contribution in [3.05, 3.63) is 21.4 Å². The number of aryl methyl sites for hydroxylation is 2. The van der Waals surface area contributed by atoms with Gasteiger partial charge < -0.3 is 14.4 Å². The van der Waals surface area contributed by atoms with Gasteiger partial charge in [-0.1, -0.05) is 13.8 Å². The first-order chi connectivity index (χ1) is 13.2. The molecule has 0 amide bonds. The summed E-state index contributed by atoms with van der Waals surface area (Å²) < 4.78 is 12.8. The Kier molecular flexibility index (Phi) is 5.85. The number of piperidine rings is 1. The van der Waals surface area contributed by atoms with Gasteiger partial charge in [-0.25, -0.2) is 4.79 Å². The fourth-order valence-corrected chi connectivity index (χ4v) is 5.18. The van der Waals surface area contributed by atoms with Gasteiger partial charge in [0.05, 0.1) is 27.6 Å². The number of ether oxygens (including phenoxy) is 2. The van der Waals surface area contributed by atoms with Crippen LogP contribution in [-0.2, 0) is 14.3 Å². The van der Waals surface area contributed by atoms with Gasteiger partial charge in [0.15, 0.2) is 6.10 Å². The molecule has 1 aromatic rings. The summed E-state index contributed by atoms with van der Waals surface area (Å²) >= 11 is 3.77. The molecule has 2 fully saturated rings. The largest absolute Gasteiger partial charge is 0.461 e. The maximum atomic E-state index is 13.1. The Labute approximate surface area is 183 Å². The van der Waals surface area contributed by atoms with E-state index in [9.17, 15) is 4.79 Å². The molecular formula is C23H35BrN2O3. The molecule has 1 aliphatic carbocycles. The molecule has 29 heavy (non-hydrogen) atoms. The number of hydrogen-bond acceptors (Lipinski definition) is 5. The van der Waals surface area contributed by atoms with E-state index < -0.39 is 11.7 Å². The summed E-state index contributed by atoms with van der Waals surface area (Å²) in [6, 6.07) is 0. The Morgan fingerprint density at radius 1 is 1.17 bits per heavy atom. The van der Waals surface area contributed by atoms with Crippen LogP contribution in [-0.4, -0.2) is 35.7 Å². The van der Waals surface area contributed by atoms with Gasteiger partial charge in [-0.15, -0.1) is 0 Å². The van der Waals surface area contributed by atoms with Crippen molar-refractivity contribution in [2.24, 2.45) is 17.3 Å².